The van der Waals surface area contributed by atoms with E-state index in [9.17, 15) is 4.39 Å². The number of pyridine rings is 1. The number of halogens is 3. The summed E-state index contributed by atoms with van der Waals surface area (Å²) >= 11 is 11.7. The first-order chi connectivity index (χ1) is 8.60. The number of rotatable bonds is 2. The highest BCUT2D eigenvalue weighted by molar-refractivity contribution is 6.35. The van der Waals surface area contributed by atoms with Crippen LogP contribution in [0.5, 0.6) is 0 Å². The predicted molar refractivity (Wildman–Crippen MR) is 69.0 cm³/mol. The van der Waals surface area contributed by atoms with Crippen LogP contribution in [-0.2, 0) is 6.42 Å². The molecule has 1 aromatic heterocycles. The van der Waals surface area contributed by atoms with Crippen molar-refractivity contribution in [3.05, 3.63) is 51.9 Å². The second kappa shape index (κ2) is 5.34. The van der Waals surface area contributed by atoms with Crippen molar-refractivity contribution in [2.75, 3.05) is 0 Å². The molecule has 5 heteroatoms. The molecule has 1 heterocycles. The highest BCUT2D eigenvalue weighted by atomic mass is 35.5. The second-order valence-corrected chi connectivity index (χ2v) is 4.54. The lowest BCUT2D eigenvalue weighted by Gasteiger charge is -2.05. The zero-order valence-electron chi connectivity index (χ0n) is 9.12. The zero-order valence-corrected chi connectivity index (χ0v) is 10.6. The van der Waals surface area contributed by atoms with E-state index in [0.29, 0.717) is 21.2 Å². The summed E-state index contributed by atoms with van der Waals surface area (Å²) in [5.74, 6) is -0.499. The Morgan fingerprint density at radius 1 is 1.17 bits per heavy atom. The first-order valence-corrected chi connectivity index (χ1v) is 5.83. The minimum atomic E-state index is -0.499. The molecule has 2 rings (SSSR count). The summed E-state index contributed by atoms with van der Waals surface area (Å²) in [7, 11) is 0. The van der Waals surface area contributed by atoms with Crippen molar-refractivity contribution in [2.45, 2.75) is 6.42 Å². The van der Waals surface area contributed by atoms with Crippen LogP contribution in [-0.4, -0.2) is 4.98 Å². The number of nitriles is 1. The summed E-state index contributed by atoms with van der Waals surface area (Å²) in [6, 6.07) is 7.97. The quantitative estimate of drug-likeness (QED) is 0.824. The van der Waals surface area contributed by atoms with Crippen LogP contribution in [0, 0.1) is 17.1 Å². The normalized spacial score (nSPS) is 10.1. The molecule has 0 atom stereocenters. The minimum Gasteiger partial charge on any atom is -0.253 e. The fourth-order valence-corrected chi connectivity index (χ4v) is 2.09. The van der Waals surface area contributed by atoms with E-state index >= 15 is 0 Å². The van der Waals surface area contributed by atoms with E-state index in [0.717, 1.165) is 0 Å². The van der Waals surface area contributed by atoms with Gasteiger partial charge in [0.05, 0.1) is 12.5 Å². The third-order valence-corrected chi connectivity index (χ3v) is 2.75. The fraction of sp³-hybridized carbons (Fsp3) is 0.0769. The molecule has 0 aliphatic carbocycles. The largest absolute Gasteiger partial charge is 0.253 e. The Labute approximate surface area is 114 Å². The maximum absolute atomic E-state index is 13.9. The SMILES string of the molecule is N#CCc1cnc(-c2cc(Cl)cc(Cl)c2)c(F)c1. The van der Waals surface area contributed by atoms with Crippen LogP contribution in [0.2, 0.25) is 10.0 Å². The molecule has 0 aliphatic heterocycles. The van der Waals surface area contributed by atoms with Gasteiger partial charge in [0.25, 0.3) is 0 Å². The van der Waals surface area contributed by atoms with Gasteiger partial charge >= 0.3 is 0 Å². The van der Waals surface area contributed by atoms with Gasteiger partial charge < -0.3 is 0 Å². The highest BCUT2D eigenvalue weighted by Gasteiger charge is 2.09. The molecule has 1 aromatic carbocycles. The fourth-order valence-electron chi connectivity index (χ4n) is 1.57. The van der Waals surface area contributed by atoms with E-state index in [4.69, 9.17) is 28.5 Å². The molecule has 0 saturated carbocycles. The lowest BCUT2D eigenvalue weighted by atomic mass is 10.1. The Balaban J connectivity index is 2.48. The second-order valence-electron chi connectivity index (χ2n) is 3.67. The molecule has 2 aromatic rings. The average molecular weight is 281 g/mol. The van der Waals surface area contributed by atoms with Crippen LogP contribution in [0.4, 0.5) is 4.39 Å². The molecule has 0 saturated heterocycles. The van der Waals surface area contributed by atoms with Crippen molar-refractivity contribution >= 4 is 23.2 Å². The van der Waals surface area contributed by atoms with Crippen molar-refractivity contribution in [1.82, 2.24) is 4.98 Å². The number of hydrogen-bond acceptors (Lipinski definition) is 2. The van der Waals surface area contributed by atoms with Gasteiger partial charge in [0.15, 0.2) is 0 Å². The van der Waals surface area contributed by atoms with Crippen molar-refractivity contribution < 1.29 is 4.39 Å². The number of hydrogen-bond donors (Lipinski definition) is 0. The first-order valence-electron chi connectivity index (χ1n) is 5.08. The van der Waals surface area contributed by atoms with Crippen LogP contribution in [0.25, 0.3) is 11.3 Å². The Morgan fingerprint density at radius 3 is 2.39 bits per heavy atom. The standard InChI is InChI=1S/C13H7Cl2FN2/c14-10-4-9(5-11(15)6-10)13-12(16)3-8(1-2-17)7-18-13/h3-7H,1H2. The number of aromatic nitrogens is 1. The smallest absolute Gasteiger partial charge is 0.149 e. The maximum atomic E-state index is 13.9. The minimum absolute atomic E-state index is 0.125. The number of nitrogens with zero attached hydrogens (tertiary/aromatic N) is 2. The van der Waals surface area contributed by atoms with E-state index in [1.807, 2.05) is 6.07 Å². The van der Waals surface area contributed by atoms with E-state index < -0.39 is 5.82 Å². The molecule has 0 aliphatic rings. The number of benzene rings is 1. The van der Waals surface area contributed by atoms with E-state index in [1.54, 1.807) is 18.2 Å². The third kappa shape index (κ3) is 2.79. The van der Waals surface area contributed by atoms with Gasteiger partial charge in [0, 0.05) is 21.8 Å². The van der Waals surface area contributed by atoms with E-state index in [2.05, 4.69) is 4.98 Å². The lowest BCUT2D eigenvalue weighted by Crippen LogP contribution is -1.93. The first kappa shape index (κ1) is 12.8. The summed E-state index contributed by atoms with van der Waals surface area (Å²) < 4.78 is 13.9. The maximum Gasteiger partial charge on any atom is 0.149 e. The van der Waals surface area contributed by atoms with Crippen molar-refractivity contribution in [2.24, 2.45) is 0 Å². The van der Waals surface area contributed by atoms with Crippen molar-refractivity contribution in [3.63, 3.8) is 0 Å². The average Bonchev–Trinajstić information content (AvgIpc) is 2.28. The summed E-state index contributed by atoms with van der Waals surface area (Å²) in [5, 5.41) is 9.37. The molecule has 0 bridgehead atoms. The molecule has 0 amide bonds. The molecule has 2 nitrogen and oxygen atoms in total. The topological polar surface area (TPSA) is 36.7 Å². The van der Waals surface area contributed by atoms with Gasteiger partial charge in [0.1, 0.15) is 11.5 Å². The van der Waals surface area contributed by atoms with Gasteiger partial charge in [-0.15, -0.1) is 0 Å². The van der Waals surface area contributed by atoms with Gasteiger partial charge in [-0.2, -0.15) is 5.26 Å². The van der Waals surface area contributed by atoms with Gasteiger partial charge in [-0.1, -0.05) is 23.2 Å². The summed E-state index contributed by atoms with van der Waals surface area (Å²) in [6.07, 6.45) is 1.59. The lowest BCUT2D eigenvalue weighted by molar-refractivity contribution is 0.624. The van der Waals surface area contributed by atoms with Crippen LogP contribution in [0.1, 0.15) is 5.56 Å². The monoisotopic (exact) mass is 280 g/mol. The van der Waals surface area contributed by atoms with Gasteiger partial charge in [-0.25, -0.2) is 4.39 Å². The molecule has 18 heavy (non-hydrogen) atoms. The predicted octanol–water partition coefficient (Wildman–Crippen LogP) is 4.26. The molecule has 0 unspecified atom stereocenters. The third-order valence-electron chi connectivity index (χ3n) is 2.32. The van der Waals surface area contributed by atoms with Gasteiger partial charge in [-0.05, 0) is 29.8 Å². The van der Waals surface area contributed by atoms with Crippen LogP contribution in [0.15, 0.2) is 30.5 Å². The Hall–Kier alpha value is -1.63. The Bertz CT molecular complexity index is 615. The molecular weight excluding hydrogens is 274 g/mol. The summed E-state index contributed by atoms with van der Waals surface area (Å²) in [5.41, 5.74) is 1.21. The Kier molecular flexibility index (Phi) is 3.81. The van der Waals surface area contributed by atoms with Crippen LogP contribution in [0.3, 0.4) is 0 Å². The van der Waals surface area contributed by atoms with Crippen molar-refractivity contribution in [1.29, 1.82) is 5.26 Å². The molecule has 0 N–H and O–H groups in total. The van der Waals surface area contributed by atoms with Gasteiger partial charge in [0.2, 0.25) is 0 Å². The molecule has 0 fully saturated rings. The van der Waals surface area contributed by atoms with Crippen LogP contribution < -0.4 is 0 Å². The molecule has 0 radical (unpaired) electrons. The molecular formula is C13H7Cl2FN2. The van der Waals surface area contributed by atoms with E-state index in [1.165, 1.54) is 12.3 Å². The zero-order chi connectivity index (χ0) is 13.1. The highest BCUT2D eigenvalue weighted by Crippen LogP contribution is 2.27. The van der Waals surface area contributed by atoms with E-state index in [-0.39, 0.29) is 12.1 Å². The Morgan fingerprint density at radius 2 is 1.83 bits per heavy atom. The van der Waals surface area contributed by atoms with Crippen LogP contribution >= 0.6 is 23.2 Å². The summed E-state index contributed by atoms with van der Waals surface area (Å²) in [6.45, 7) is 0. The van der Waals surface area contributed by atoms with Gasteiger partial charge in [-0.3, -0.25) is 4.98 Å². The summed E-state index contributed by atoms with van der Waals surface area (Å²) in [4.78, 5) is 4.01. The molecule has 90 valence electrons. The molecule has 0 spiro atoms. The van der Waals surface area contributed by atoms with Crippen molar-refractivity contribution in [3.8, 4) is 17.3 Å².